The van der Waals surface area contributed by atoms with Gasteiger partial charge in [0.2, 0.25) is 5.95 Å². The van der Waals surface area contributed by atoms with E-state index in [-0.39, 0.29) is 11.8 Å². The molecule has 0 aliphatic carbocycles. The van der Waals surface area contributed by atoms with Crippen LogP contribution in [0.1, 0.15) is 16.2 Å². The lowest BCUT2D eigenvalue weighted by molar-refractivity contribution is 0.0939. The molecule has 0 aliphatic rings. The van der Waals surface area contributed by atoms with Crippen molar-refractivity contribution in [2.45, 2.75) is 6.92 Å². The van der Waals surface area contributed by atoms with Gasteiger partial charge in [-0.05, 0) is 19.1 Å². The molecule has 0 amide bonds. The van der Waals surface area contributed by atoms with Gasteiger partial charge in [-0.15, -0.1) is 5.10 Å². The average molecular weight is 238 g/mol. The molecule has 5 nitrogen and oxygen atoms in total. The zero-order chi connectivity index (χ0) is 12.6. The number of carbonyl (C=O) groups excluding carboxylic acids is 1. The Morgan fingerprint density at radius 1 is 1.35 bits per heavy atom. The first kappa shape index (κ1) is 11.2. The monoisotopic (exact) mass is 238 g/mol. The number of hydrogen-bond donors (Lipinski definition) is 1. The van der Waals surface area contributed by atoms with Crippen LogP contribution in [-0.2, 0) is 0 Å². The molecule has 2 N–H and O–H groups in total. The molecule has 7 heteroatoms. The number of nitrogens with two attached hydrogens (primary N) is 1. The van der Waals surface area contributed by atoms with E-state index in [2.05, 4.69) is 10.1 Å². The fourth-order valence-electron chi connectivity index (χ4n) is 1.39. The average Bonchev–Trinajstić information content (AvgIpc) is 2.57. The van der Waals surface area contributed by atoms with E-state index < -0.39 is 23.1 Å². The Bertz CT molecular complexity index is 574. The third-order valence-corrected chi connectivity index (χ3v) is 2.11. The number of nitrogens with zero attached hydrogens (tertiary/aromatic N) is 3. The zero-order valence-electron chi connectivity index (χ0n) is 8.82. The summed E-state index contributed by atoms with van der Waals surface area (Å²) in [6, 6.07) is 3.13. The molecule has 0 fully saturated rings. The molecule has 0 radical (unpaired) electrons. The summed E-state index contributed by atoms with van der Waals surface area (Å²) >= 11 is 0. The summed E-state index contributed by atoms with van der Waals surface area (Å²) in [6.07, 6.45) is 0. The minimum Gasteiger partial charge on any atom is -0.368 e. The van der Waals surface area contributed by atoms with Gasteiger partial charge in [0.15, 0.2) is 0 Å². The van der Waals surface area contributed by atoms with Crippen LogP contribution in [0.4, 0.5) is 14.7 Å². The SMILES string of the molecule is Cc1nc(N)n(C(=O)c2c(F)cccc2F)n1. The normalized spacial score (nSPS) is 10.5. The fraction of sp³-hybridized carbons (Fsp3) is 0.100. The molecule has 2 aromatic rings. The lowest BCUT2D eigenvalue weighted by atomic mass is 10.2. The van der Waals surface area contributed by atoms with E-state index in [1.807, 2.05) is 0 Å². The second-order valence-electron chi connectivity index (χ2n) is 3.33. The van der Waals surface area contributed by atoms with E-state index >= 15 is 0 Å². The predicted octanol–water partition coefficient (Wildman–Crippen LogP) is 1.14. The van der Waals surface area contributed by atoms with E-state index in [9.17, 15) is 13.6 Å². The van der Waals surface area contributed by atoms with Crippen molar-refractivity contribution in [2.24, 2.45) is 0 Å². The van der Waals surface area contributed by atoms with Gasteiger partial charge in [0, 0.05) is 0 Å². The number of carbonyl (C=O) groups is 1. The first-order valence-electron chi connectivity index (χ1n) is 4.68. The quantitative estimate of drug-likeness (QED) is 0.808. The van der Waals surface area contributed by atoms with Crippen molar-refractivity contribution in [1.29, 1.82) is 0 Å². The Morgan fingerprint density at radius 3 is 2.41 bits per heavy atom. The van der Waals surface area contributed by atoms with Crippen LogP contribution in [0.3, 0.4) is 0 Å². The molecular weight excluding hydrogens is 230 g/mol. The summed E-state index contributed by atoms with van der Waals surface area (Å²) in [5.74, 6) is -2.90. The molecule has 0 spiro atoms. The smallest absolute Gasteiger partial charge is 0.287 e. The molecule has 0 unspecified atom stereocenters. The van der Waals surface area contributed by atoms with Crippen molar-refractivity contribution in [2.75, 3.05) is 5.73 Å². The van der Waals surface area contributed by atoms with Gasteiger partial charge in [-0.25, -0.2) is 8.78 Å². The fourth-order valence-corrected chi connectivity index (χ4v) is 1.39. The number of anilines is 1. The molecule has 1 aromatic carbocycles. The van der Waals surface area contributed by atoms with Crippen LogP contribution in [0.25, 0.3) is 0 Å². The van der Waals surface area contributed by atoms with Gasteiger partial charge in [-0.1, -0.05) is 6.07 Å². The van der Waals surface area contributed by atoms with Gasteiger partial charge in [-0.2, -0.15) is 9.67 Å². The van der Waals surface area contributed by atoms with Crippen LogP contribution < -0.4 is 5.73 Å². The first-order chi connectivity index (χ1) is 8.00. The van der Waals surface area contributed by atoms with Gasteiger partial charge in [0.05, 0.1) is 0 Å². The Labute approximate surface area is 94.9 Å². The predicted molar refractivity (Wildman–Crippen MR) is 55.3 cm³/mol. The summed E-state index contributed by atoms with van der Waals surface area (Å²) < 4.78 is 27.4. The third kappa shape index (κ3) is 1.86. The van der Waals surface area contributed by atoms with E-state index in [0.717, 1.165) is 18.2 Å². The molecule has 17 heavy (non-hydrogen) atoms. The van der Waals surface area contributed by atoms with Crippen molar-refractivity contribution in [3.8, 4) is 0 Å². The lowest BCUT2D eigenvalue weighted by Crippen LogP contribution is -2.19. The molecule has 0 bridgehead atoms. The van der Waals surface area contributed by atoms with Gasteiger partial charge < -0.3 is 5.73 Å². The number of halogens is 2. The van der Waals surface area contributed by atoms with Crippen molar-refractivity contribution in [1.82, 2.24) is 14.8 Å². The van der Waals surface area contributed by atoms with Gasteiger partial charge >= 0.3 is 0 Å². The van der Waals surface area contributed by atoms with E-state index in [1.54, 1.807) is 0 Å². The molecule has 2 rings (SSSR count). The van der Waals surface area contributed by atoms with Crippen LogP contribution in [0.5, 0.6) is 0 Å². The highest BCUT2D eigenvalue weighted by molar-refractivity contribution is 5.97. The number of rotatable bonds is 1. The van der Waals surface area contributed by atoms with E-state index in [4.69, 9.17) is 5.73 Å². The summed E-state index contributed by atoms with van der Waals surface area (Å²) in [4.78, 5) is 15.5. The zero-order valence-corrected chi connectivity index (χ0v) is 8.82. The molecule has 1 aromatic heterocycles. The topological polar surface area (TPSA) is 73.8 Å². The number of aryl methyl sites for hydroxylation is 1. The minimum absolute atomic E-state index is 0.213. The highest BCUT2D eigenvalue weighted by Gasteiger charge is 2.21. The lowest BCUT2D eigenvalue weighted by Gasteiger charge is -2.03. The number of aromatic nitrogens is 3. The van der Waals surface area contributed by atoms with Crippen molar-refractivity contribution < 1.29 is 13.6 Å². The molecular formula is C10H8F2N4O. The highest BCUT2D eigenvalue weighted by Crippen LogP contribution is 2.14. The van der Waals surface area contributed by atoms with Gasteiger partial charge in [0.25, 0.3) is 5.91 Å². The van der Waals surface area contributed by atoms with Crippen molar-refractivity contribution in [3.63, 3.8) is 0 Å². The first-order valence-corrected chi connectivity index (χ1v) is 4.68. The second kappa shape index (κ2) is 3.93. The van der Waals surface area contributed by atoms with Crippen LogP contribution in [0.15, 0.2) is 18.2 Å². The highest BCUT2D eigenvalue weighted by atomic mass is 19.1. The van der Waals surface area contributed by atoms with Crippen LogP contribution in [-0.4, -0.2) is 20.7 Å². The van der Waals surface area contributed by atoms with E-state index in [1.165, 1.54) is 6.92 Å². The number of hydrogen-bond acceptors (Lipinski definition) is 4. The Kier molecular flexibility index (Phi) is 2.58. The molecule has 1 heterocycles. The minimum atomic E-state index is -0.987. The Balaban J connectivity index is 2.55. The Morgan fingerprint density at radius 2 is 1.94 bits per heavy atom. The van der Waals surface area contributed by atoms with E-state index in [0.29, 0.717) is 4.68 Å². The maximum Gasteiger partial charge on any atom is 0.287 e. The second-order valence-corrected chi connectivity index (χ2v) is 3.33. The summed E-state index contributed by atoms with van der Waals surface area (Å²) in [6.45, 7) is 1.51. The maximum atomic E-state index is 13.4. The molecule has 0 saturated carbocycles. The van der Waals surface area contributed by atoms with Crippen LogP contribution in [0.2, 0.25) is 0 Å². The van der Waals surface area contributed by atoms with Crippen LogP contribution in [0, 0.1) is 18.6 Å². The summed E-state index contributed by atoms with van der Waals surface area (Å²) in [7, 11) is 0. The standard InChI is InChI=1S/C10H8F2N4O/c1-5-14-10(13)16(15-5)9(17)8-6(11)3-2-4-7(8)12/h2-4H,1H3,(H2,13,14,15). The van der Waals surface area contributed by atoms with Crippen molar-refractivity contribution in [3.05, 3.63) is 41.2 Å². The summed E-state index contributed by atoms with van der Waals surface area (Å²) in [5, 5.41) is 3.67. The molecule has 0 aliphatic heterocycles. The van der Waals surface area contributed by atoms with Crippen LogP contribution >= 0.6 is 0 Å². The Hall–Kier alpha value is -2.31. The maximum absolute atomic E-state index is 13.4. The van der Waals surface area contributed by atoms with Gasteiger partial charge in [0.1, 0.15) is 23.0 Å². The van der Waals surface area contributed by atoms with Crippen molar-refractivity contribution >= 4 is 11.9 Å². The summed E-state index contributed by atoms with van der Waals surface area (Å²) in [5.41, 5.74) is 4.70. The number of benzene rings is 1. The largest absolute Gasteiger partial charge is 0.368 e. The molecule has 0 atom stereocenters. The van der Waals surface area contributed by atoms with Gasteiger partial charge in [-0.3, -0.25) is 4.79 Å². The molecule has 88 valence electrons. The molecule has 0 saturated heterocycles. The third-order valence-electron chi connectivity index (χ3n) is 2.11. The number of nitrogen functional groups attached to an aromatic ring is 1.